The molecular formula is C16H24N4. The Morgan fingerprint density at radius 3 is 2.90 bits per heavy atom. The number of aromatic nitrogens is 2. The van der Waals surface area contributed by atoms with Gasteiger partial charge in [0.25, 0.3) is 0 Å². The van der Waals surface area contributed by atoms with Crippen molar-refractivity contribution in [3.05, 3.63) is 30.0 Å². The molecule has 4 nitrogen and oxygen atoms in total. The number of rotatable bonds is 3. The first-order valence-electron chi connectivity index (χ1n) is 7.61. The minimum atomic E-state index is 0.561. The van der Waals surface area contributed by atoms with Crippen molar-refractivity contribution in [1.29, 1.82) is 0 Å². The second kappa shape index (κ2) is 5.54. The van der Waals surface area contributed by atoms with Crippen molar-refractivity contribution in [2.75, 3.05) is 13.1 Å². The van der Waals surface area contributed by atoms with Crippen molar-refractivity contribution in [1.82, 2.24) is 20.0 Å². The van der Waals surface area contributed by atoms with Crippen LogP contribution in [0.25, 0.3) is 10.9 Å². The molecule has 20 heavy (non-hydrogen) atoms. The molecule has 3 rings (SSSR count). The van der Waals surface area contributed by atoms with Gasteiger partial charge < -0.3 is 5.32 Å². The van der Waals surface area contributed by atoms with Gasteiger partial charge in [-0.3, -0.25) is 9.58 Å². The van der Waals surface area contributed by atoms with Gasteiger partial charge in [-0.25, -0.2) is 0 Å². The highest BCUT2D eigenvalue weighted by Gasteiger charge is 2.23. The monoisotopic (exact) mass is 272 g/mol. The number of para-hydroxylation sites is 1. The summed E-state index contributed by atoms with van der Waals surface area (Å²) < 4.78 is 2.11. The summed E-state index contributed by atoms with van der Waals surface area (Å²) >= 11 is 0. The van der Waals surface area contributed by atoms with Crippen LogP contribution in [0, 0.1) is 0 Å². The molecule has 1 aliphatic heterocycles. The maximum absolute atomic E-state index is 4.82. The molecular weight excluding hydrogens is 248 g/mol. The van der Waals surface area contributed by atoms with E-state index in [2.05, 4.69) is 59.9 Å². The SMILES string of the molecule is CCn1nc(CN2CC(C)NCC2C)c2ccccc21. The number of piperazine rings is 1. The van der Waals surface area contributed by atoms with Crippen LogP contribution in [0.5, 0.6) is 0 Å². The van der Waals surface area contributed by atoms with Crippen LogP contribution in [0.4, 0.5) is 0 Å². The van der Waals surface area contributed by atoms with Crippen molar-refractivity contribution >= 4 is 10.9 Å². The van der Waals surface area contributed by atoms with E-state index >= 15 is 0 Å². The standard InChI is InChI=1S/C16H24N4/c1-4-20-16-8-6-5-7-14(16)15(18-20)11-19-10-12(2)17-9-13(19)3/h5-8,12-13,17H,4,9-11H2,1-3H3. The van der Waals surface area contributed by atoms with E-state index in [9.17, 15) is 0 Å². The molecule has 1 saturated heterocycles. The smallest absolute Gasteiger partial charge is 0.0843 e. The third-order valence-corrected chi connectivity index (χ3v) is 4.28. The molecule has 1 aromatic carbocycles. The molecule has 2 atom stereocenters. The van der Waals surface area contributed by atoms with E-state index in [1.165, 1.54) is 16.6 Å². The van der Waals surface area contributed by atoms with Crippen LogP contribution in [0.2, 0.25) is 0 Å². The lowest BCUT2D eigenvalue weighted by Crippen LogP contribution is -2.53. The van der Waals surface area contributed by atoms with Crippen molar-refractivity contribution < 1.29 is 0 Å². The van der Waals surface area contributed by atoms with Gasteiger partial charge in [0.05, 0.1) is 11.2 Å². The Hall–Kier alpha value is -1.39. The molecule has 2 aromatic rings. The Morgan fingerprint density at radius 2 is 2.10 bits per heavy atom. The largest absolute Gasteiger partial charge is 0.311 e. The van der Waals surface area contributed by atoms with Gasteiger partial charge in [0, 0.05) is 43.6 Å². The minimum Gasteiger partial charge on any atom is -0.311 e. The zero-order valence-corrected chi connectivity index (χ0v) is 12.6. The van der Waals surface area contributed by atoms with Crippen LogP contribution in [0.1, 0.15) is 26.5 Å². The zero-order chi connectivity index (χ0) is 14.1. The number of nitrogens with one attached hydrogen (secondary N) is 1. The average Bonchev–Trinajstić information content (AvgIpc) is 2.81. The molecule has 108 valence electrons. The molecule has 0 aliphatic carbocycles. The van der Waals surface area contributed by atoms with Gasteiger partial charge in [-0.05, 0) is 26.8 Å². The van der Waals surface area contributed by atoms with Gasteiger partial charge >= 0.3 is 0 Å². The number of nitrogens with zero attached hydrogens (tertiary/aromatic N) is 3. The molecule has 1 aromatic heterocycles. The summed E-state index contributed by atoms with van der Waals surface area (Å²) in [5, 5.41) is 9.65. The van der Waals surface area contributed by atoms with Gasteiger partial charge in [0.15, 0.2) is 0 Å². The number of hydrogen-bond donors (Lipinski definition) is 1. The maximum atomic E-state index is 4.82. The van der Waals surface area contributed by atoms with Crippen molar-refractivity contribution in [3.63, 3.8) is 0 Å². The Balaban J connectivity index is 1.90. The van der Waals surface area contributed by atoms with E-state index in [1.54, 1.807) is 0 Å². The van der Waals surface area contributed by atoms with E-state index in [4.69, 9.17) is 5.10 Å². The molecule has 2 heterocycles. The van der Waals surface area contributed by atoms with Crippen LogP contribution in [-0.4, -0.2) is 39.9 Å². The highest BCUT2D eigenvalue weighted by atomic mass is 15.3. The zero-order valence-electron chi connectivity index (χ0n) is 12.6. The van der Waals surface area contributed by atoms with E-state index < -0.39 is 0 Å². The third-order valence-electron chi connectivity index (χ3n) is 4.28. The number of fused-ring (bicyclic) bond motifs is 1. The maximum Gasteiger partial charge on any atom is 0.0843 e. The second-order valence-electron chi connectivity index (χ2n) is 5.87. The average molecular weight is 272 g/mol. The first-order chi connectivity index (χ1) is 9.69. The third kappa shape index (κ3) is 2.45. The summed E-state index contributed by atoms with van der Waals surface area (Å²) in [6.07, 6.45) is 0. The van der Waals surface area contributed by atoms with E-state index in [0.29, 0.717) is 12.1 Å². The molecule has 1 aliphatic rings. The topological polar surface area (TPSA) is 33.1 Å². The fourth-order valence-electron chi connectivity index (χ4n) is 3.06. The van der Waals surface area contributed by atoms with Crippen LogP contribution in [-0.2, 0) is 13.1 Å². The normalized spacial score (nSPS) is 24.4. The van der Waals surface area contributed by atoms with Crippen molar-refractivity contribution in [2.45, 2.75) is 45.9 Å². The fraction of sp³-hybridized carbons (Fsp3) is 0.562. The van der Waals surface area contributed by atoms with Crippen molar-refractivity contribution in [3.8, 4) is 0 Å². The molecule has 1 fully saturated rings. The van der Waals surface area contributed by atoms with Crippen LogP contribution in [0.3, 0.4) is 0 Å². The lowest BCUT2D eigenvalue weighted by molar-refractivity contribution is 0.137. The Labute approximate surface area is 120 Å². The van der Waals surface area contributed by atoms with Crippen LogP contribution >= 0.6 is 0 Å². The summed E-state index contributed by atoms with van der Waals surface area (Å²) in [5.74, 6) is 0. The minimum absolute atomic E-state index is 0.561. The van der Waals surface area contributed by atoms with E-state index in [0.717, 1.165) is 26.2 Å². The van der Waals surface area contributed by atoms with Gasteiger partial charge in [0.2, 0.25) is 0 Å². The van der Waals surface area contributed by atoms with Gasteiger partial charge in [-0.2, -0.15) is 5.10 Å². The second-order valence-corrected chi connectivity index (χ2v) is 5.87. The molecule has 4 heteroatoms. The summed E-state index contributed by atoms with van der Waals surface area (Å²) in [6, 6.07) is 9.69. The predicted octanol–water partition coefficient (Wildman–Crippen LogP) is 2.24. The summed E-state index contributed by atoms with van der Waals surface area (Å²) in [7, 11) is 0. The molecule has 0 bridgehead atoms. The van der Waals surface area contributed by atoms with Crippen molar-refractivity contribution in [2.24, 2.45) is 0 Å². The van der Waals surface area contributed by atoms with Gasteiger partial charge in [-0.15, -0.1) is 0 Å². The Morgan fingerprint density at radius 1 is 1.30 bits per heavy atom. The lowest BCUT2D eigenvalue weighted by Gasteiger charge is -2.37. The highest BCUT2D eigenvalue weighted by molar-refractivity contribution is 5.81. The molecule has 0 saturated carbocycles. The van der Waals surface area contributed by atoms with E-state index in [1.807, 2.05) is 0 Å². The molecule has 2 unspecified atom stereocenters. The number of hydrogen-bond acceptors (Lipinski definition) is 3. The first kappa shape index (κ1) is 13.6. The number of benzene rings is 1. The lowest BCUT2D eigenvalue weighted by atomic mass is 10.1. The van der Waals surface area contributed by atoms with Crippen LogP contribution in [0.15, 0.2) is 24.3 Å². The van der Waals surface area contributed by atoms with Gasteiger partial charge in [-0.1, -0.05) is 18.2 Å². The van der Waals surface area contributed by atoms with Gasteiger partial charge in [0.1, 0.15) is 0 Å². The number of aryl methyl sites for hydroxylation is 1. The summed E-state index contributed by atoms with van der Waals surface area (Å²) in [4.78, 5) is 2.54. The highest BCUT2D eigenvalue weighted by Crippen LogP contribution is 2.21. The van der Waals surface area contributed by atoms with E-state index in [-0.39, 0.29) is 0 Å². The quantitative estimate of drug-likeness (QED) is 0.930. The first-order valence-corrected chi connectivity index (χ1v) is 7.61. The summed E-state index contributed by atoms with van der Waals surface area (Å²) in [5.41, 5.74) is 2.46. The molecule has 0 radical (unpaired) electrons. The Bertz CT molecular complexity index is 589. The molecule has 0 amide bonds. The Kier molecular flexibility index (Phi) is 3.76. The summed E-state index contributed by atoms with van der Waals surface area (Å²) in [6.45, 7) is 10.7. The predicted molar refractivity (Wildman–Crippen MR) is 82.7 cm³/mol. The molecule has 1 N–H and O–H groups in total. The van der Waals surface area contributed by atoms with Crippen LogP contribution < -0.4 is 5.32 Å². The molecule has 0 spiro atoms. The fourth-order valence-corrected chi connectivity index (χ4v) is 3.06.